The van der Waals surface area contributed by atoms with Gasteiger partial charge in [-0.15, -0.1) is 0 Å². The molecule has 0 saturated heterocycles. The predicted molar refractivity (Wildman–Crippen MR) is 115 cm³/mol. The van der Waals surface area contributed by atoms with E-state index in [4.69, 9.17) is 4.99 Å². The highest BCUT2D eigenvalue weighted by Crippen LogP contribution is 2.27. The van der Waals surface area contributed by atoms with Crippen molar-refractivity contribution < 1.29 is 4.92 Å². The quantitative estimate of drug-likeness (QED) is 0.263. The number of nitrogens with one attached hydrogen (secondary N) is 1. The van der Waals surface area contributed by atoms with Crippen LogP contribution in [0.25, 0.3) is 0 Å². The molecule has 5 nitrogen and oxygen atoms in total. The van der Waals surface area contributed by atoms with Crippen molar-refractivity contribution in [2.75, 3.05) is 5.32 Å². The van der Waals surface area contributed by atoms with Gasteiger partial charge in [0.2, 0.25) is 0 Å². The second kappa shape index (κ2) is 8.05. The second-order valence-corrected chi connectivity index (χ2v) is 6.90. The summed E-state index contributed by atoms with van der Waals surface area (Å²) in [6.07, 6.45) is 0. The minimum atomic E-state index is -0.398. The average Bonchev–Trinajstić information content (AvgIpc) is 2.66. The van der Waals surface area contributed by atoms with Crippen LogP contribution in [-0.4, -0.2) is 10.8 Å². The number of nitro benzene ring substituents is 1. The van der Waals surface area contributed by atoms with E-state index in [0.29, 0.717) is 5.84 Å². The van der Waals surface area contributed by atoms with Crippen molar-refractivity contribution in [2.24, 2.45) is 4.99 Å². The number of para-hydroxylation sites is 2. The molecule has 0 unspecified atom stereocenters. The number of aryl methyl sites for hydroxylation is 4. The molecule has 0 spiro atoms. The Morgan fingerprint density at radius 2 is 1.32 bits per heavy atom. The fraction of sp³-hybridized carbons (Fsp3) is 0.174. The lowest BCUT2D eigenvalue weighted by Crippen LogP contribution is -2.15. The van der Waals surface area contributed by atoms with E-state index >= 15 is 0 Å². The van der Waals surface area contributed by atoms with Crippen molar-refractivity contribution in [1.29, 1.82) is 0 Å². The normalized spacial score (nSPS) is 11.4. The van der Waals surface area contributed by atoms with Crippen molar-refractivity contribution in [3.63, 3.8) is 0 Å². The smallest absolute Gasteiger partial charge is 0.269 e. The molecule has 0 aliphatic heterocycles. The number of non-ortho nitro benzene ring substituents is 1. The Hall–Kier alpha value is -3.47. The molecule has 0 aliphatic carbocycles. The van der Waals surface area contributed by atoms with Gasteiger partial charge in [-0.3, -0.25) is 10.1 Å². The molecule has 28 heavy (non-hydrogen) atoms. The van der Waals surface area contributed by atoms with Gasteiger partial charge in [0, 0.05) is 23.4 Å². The Labute approximate surface area is 164 Å². The summed E-state index contributed by atoms with van der Waals surface area (Å²) in [6.45, 7) is 8.14. The highest BCUT2D eigenvalue weighted by molar-refractivity contribution is 6.10. The SMILES string of the molecule is Cc1cccc(C)c1N=C(Nc1c(C)cccc1C)c1ccc([N+](=O)[O-])cc1. The number of benzene rings is 3. The number of hydrogen-bond acceptors (Lipinski definition) is 3. The lowest BCUT2D eigenvalue weighted by molar-refractivity contribution is -0.384. The number of anilines is 1. The molecule has 0 aromatic heterocycles. The zero-order chi connectivity index (χ0) is 20.3. The lowest BCUT2D eigenvalue weighted by Gasteiger charge is -2.16. The van der Waals surface area contributed by atoms with Gasteiger partial charge in [0.05, 0.1) is 10.6 Å². The van der Waals surface area contributed by atoms with Gasteiger partial charge in [0.1, 0.15) is 5.84 Å². The molecule has 1 N–H and O–H groups in total. The second-order valence-electron chi connectivity index (χ2n) is 6.90. The van der Waals surface area contributed by atoms with Gasteiger partial charge in [-0.05, 0) is 62.1 Å². The molecule has 3 aromatic rings. The van der Waals surface area contributed by atoms with Crippen LogP contribution in [0.1, 0.15) is 27.8 Å². The van der Waals surface area contributed by atoms with Crippen LogP contribution in [0.5, 0.6) is 0 Å². The maximum Gasteiger partial charge on any atom is 0.269 e. The Kier molecular flexibility index (Phi) is 5.54. The van der Waals surface area contributed by atoms with Gasteiger partial charge >= 0.3 is 0 Å². The highest BCUT2D eigenvalue weighted by Gasteiger charge is 2.12. The zero-order valence-corrected chi connectivity index (χ0v) is 16.5. The molecule has 0 saturated carbocycles. The molecule has 0 atom stereocenters. The third-order valence-corrected chi connectivity index (χ3v) is 4.74. The number of aliphatic imine (C=N–C) groups is 1. The first kappa shape index (κ1) is 19.3. The van der Waals surface area contributed by atoms with Crippen LogP contribution in [0.4, 0.5) is 17.1 Å². The first-order valence-corrected chi connectivity index (χ1v) is 9.10. The minimum absolute atomic E-state index is 0.0576. The van der Waals surface area contributed by atoms with Crippen LogP contribution in [0.2, 0.25) is 0 Å². The van der Waals surface area contributed by atoms with Crippen molar-refractivity contribution in [3.8, 4) is 0 Å². The number of nitrogens with zero attached hydrogens (tertiary/aromatic N) is 2. The molecule has 0 radical (unpaired) electrons. The summed E-state index contributed by atoms with van der Waals surface area (Å²) in [6, 6.07) is 18.6. The number of amidine groups is 1. The van der Waals surface area contributed by atoms with Crippen LogP contribution in [0, 0.1) is 37.8 Å². The minimum Gasteiger partial charge on any atom is -0.339 e. The zero-order valence-electron chi connectivity index (χ0n) is 16.5. The number of hydrogen-bond donors (Lipinski definition) is 1. The molecule has 3 rings (SSSR count). The van der Waals surface area contributed by atoms with E-state index in [0.717, 1.165) is 39.2 Å². The summed E-state index contributed by atoms with van der Waals surface area (Å²) >= 11 is 0. The Balaban J connectivity index is 2.13. The topological polar surface area (TPSA) is 67.5 Å². The molecular formula is C23H23N3O2. The highest BCUT2D eigenvalue weighted by atomic mass is 16.6. The molecule has 3 aromatic carbocycles. The van der Waals surface area contributed by atoms with E-state index in [1.807, 2.05) is 64.1 Å². The van der Waals surface area contributed by atoms with Crippen molar-refractivity contribution in [2.45, 2.75) is 27.7 Å². The van der Waals surface area contributed by atoms with Gasteiger partial charge in [-0.1, -0.05) is 36.4 Å². The number of nitro groups is 1. The standard InChI is InChI=1S/C23H23N3O2/c1-15-7-5-8-16(2)21(15)24-23(19-11-13-20(14-12-19)26(27)28)25-22-17(3)9-6-10-18(22)4/h5-14H,1-4H3,(H,24,25). The molecule has 0 aliphatic rings. The Morgan fingerprint density at radius 1 is 0.821 bits per heavy atom. The molecule has 0 amide bonds. The van der Waals surface area contributed by atoms with Crippen LogP contribution in [-0.2, 0) is 0 Å². The summed E-state index contributed by atoms with van der Waals surface area (Å²) < 4.78 is 0. The van der Waals surface area contributed by atoms with E-state index in [2.05, 4.69) is 5.32 Å². The van der Waals surface area contributed by atoms with E-state index in [-0.39, 0.29) is 5.69 Å². The van der Waals surface area contributed by atoms with Gasteiger partial charge in [0.25, 0.3) is 5.69 Å². The average molecular weight is 373 g/mol. The van der Waals surface area contributed by atoms with Crippen LogP contribution in [0.15, 0.2) is 65.7 Å². The van der Waals surface area contributed by atoms with Crippen molar-refractivity contribution in [3.05, 3.63) is 98.6 Å². The van der Waals surface area contributed by atoms with E-state index < -0.39 is 4.92 Å². The molecular weight excluding hydrogens is 350 g/mol. The van der Waals surface area contributed by atoms with Gasteiger partial charge in [0.15, 0.2) is 0 Å². The van der Waals surface area contributed by atoms with Gasteiger partial charge in [-0.25, -0.2) is 4.99 Å². The van der Waals surface area contributed by atoms with E-state index in [1.165, 1.54) is 12.1 Å². The maximum atomic E-state index is 11.0. The first-order chi connectivity index (χ1) is 13.4. The summed E-state index contributed by atoms with van der Waals surface area (Å²) in [7, 11) is 0. The van der Waals surface area contributed by atoms with Crippen molar-refractivity contribution >= 4 is 22.9 Å². The van der Waals surface area contributed by atoms with Crippen LogP contribution < -0.4 is 5.32 Å². The molecule has 0 bridgehead atoms. The Bertz CT molecular complexity index is 1010. The number of rotatable bonds is 4. The van der Waals surface area contributed by atoms with Crippen LogP contribution in [0.3, 0.4) is 0 Å². The third-order valence-electron chi connectivity index (χ3n) is 4.74. The molecule has 0 fully saturated rings. The fourth-order valence-corrected chi connectivity index (χ4v) is 3.13. The largest absolute Gasteiger partial charge is 0.339 e. The first-order valence-electron chi connectivity index (χ1n) is 9.10. The Morgan fingerprint density at radius 3 is 1.82 bits per heavy atom. The fourth-order valence-electron chi connectivity index (χ4n) is 3.13. The summed E-state index contributed by atoms with van der Waals surface area (Å²) in [4.78, 5) is 15.5. The van der Waals surface area contributed by atoms with E-state index in [9.17, 15) is 10.1 Å². The summed E-state index contributed by atoms with van der Waals surface area (Å²) in [5.41, 5.74) is 7.09. The van der Waals surface area contributed by atoms with Gasteiger partial charge in [-0.2, -0.15) is 0 Å². The summed E-state index contributed by atoms with van der Waals surface area (Å²) in [5, 5.41) is 14.5. The summed E-state index contributed by atoms with van der Waals surface area (Å²) in [5.74, 6) is 0.657. The third kappa shape index (κ3) is 4.09. The van der Waals surface area contributed by atoms with Crippen LogP contribution >= 0.6 is 0 Å². The lowest BCUT2D eigenvalue weighted by atomic mass is 10.1. The molecule has 0 heterocycles. The molecule has 5 heteroatoms. The van der Waals surface area contributed by atoms with Gasteiger partial charge < -0.3 is 5.32 Å². The molecule has 142 valence electrons. The predicted octanol–water partition coefficient (Wildman–Crippen LogP) is 6.02. The maximum absolute atomic E-state index is 11.0. The van der Waals surface area contributed by atoms with Crippen molar-refractivity contribution in [1.82, 2.24) is 0 Å². The monoisotopic (exact) mass is 373 g/mol. The van der Waals surface area contributed by atoms with E-state index in [1.54, 1.807) is 12.1 Å².